The highest BCUT2D eigenvalue weighted by Gasteiger charge is 2.45. The van der Waals surface area contributed by atoms with E-state index in [1.54, 1.807) is 0 Å². The van der Waals surface area contributed by atoms with Gasteiger partial charge in [-0.1, -0.05) is 97.8 Å². The predicted molar refractivity (Wildman–Crippen MR) is 261 cm³/mol. The van der Waals surface area contributed by atoms with Crippen LogP contribution in [0.5, 0.6) is 0 Å². The fourth-order valence-electron chi connectivity index (χ4n) is 12.7. The highest BCUT2D eigenvalue weighted by atomic mass is 16.6. The molecule has 8 rings (SSSR count). The van der Waals surface area contributed by atoms with Crippen molar-refractivity contribution in [3.8, 4) is 0 Å². The second-order valence-electron chi connectivity index (χ2n) is 23.0. The zero-order chi connectivity index (χ0) is 45.8. The Morgan fingerprint density at radius 1 is 0.547 bits per heavy atom. The first-order chi connectivity index (χ1) is 30.4. The number of amides is 2. The Bertz CT molecular complexity index is 2010. The summed E-state index contributed by atoms with van der Waals surface area (Å²) in [5.41, 5.74) is 4.71. The zero-order valence-corrected chi connectivity index (χ0v) is 40.9. The van der Waals surface area contributed by atoms with Gasteiger partial charge in [0.2, 0.25) is 0 Å². The van der Waals surface area contributed by atoms with Crippen molar-refractivity contribution in [1.82, 2.24) is 15.2 Å². The molecule has 4 fully saturated rings. The van der Waals surface area contributed by atoms with Crippen molar-refractivity contribution in [2.45, 2.75) is 175 Å². The maximum Gasteiger partial charge on any atom is 0.407 e. The molecule has 3 aromatic rings. The summed E-state index contributed by atoms with van der Waals surface area (Å²) in [7, 11) is 0. The molecule has 0 spiro atoms. The van der Waals surface area contributed by atoms with Gasteiger partial charge in [0.25, 0.3) is 0 Å². The van der Waals surface area contributed by atoms with Gasteiger partial charge in [-0.2, -0.15) is 0 Å². The highest BCUT2D eigenvalue weighted by molar-refractivity contribution is 5.68. The number of carbonyl (C=O) groups is 2. The van der Waals surface area contributed by atoms with Crippen molar-refractivity contribution in [2.24, 2.45) is 47.3 Å². The summed E-state index contributed by atoms with van der Waals surface area (Å²) in [6, 6.07) is 23.6. The first kappa shape index (κ1) is 47.7. The van der Waals surface area contributed by atoms with E-state index in [2.05, 4.69) is 140 Å². The van der Waals surface area contributed by atoms with Crippen LogP contribution < -0.4 is 10.6 Å². The van der Waals surface area contributed by atoms with Gasteiger partial charge >= 0.3 is 12.2 Å². The molecule has 5 aliphatic rings. The lowest BCUT2D eigenvalue weighted by Crippen LogP contribution is -2.44. The van der Waals surface area contributed by atoms with Crippen LogP contribution in [0.2, 0.25) is 0 Å². The van der Waals surface area contributed by atoms with Crippen molar-refractivity contribution in [1.29, 1.82) is 0 Å². The molecule has 0 aliphatic heterocycles. The van der Waals surface area contributed by atoms with Crippen molar-refractivity contribution in [3.05, 3.63) is 120 Å². The number of ether oxygens (including phenoxy) is 2. The number of allylic oxidation sites excluding steroid dienone is 4. The fraction of sp³-hybridized carbons (Fsp3) is 0.614. The van der Waals surface area contributed by atoms with Crippen LogP contribution in [0.1, 0.15) is 160 Å². The molecular weight excluding hydrogens is 791 g/mol. The Hall–Kier alpha value is -4.26. The zero-order valence-electron chi connectivity index (χ0n) is 40.9. The second kappa shape index (κ2) is 20.5. The van der Waals surface area contributed by atoms with E-state index in [0.29, 0.717) is 65.2 Å². The van der Waals surface area contributed by atoms with Gasteiger partial charge in [0, 0.05) is 30.5 Å². The van der Waals surface area contributed by atoms with Crippen molar-refractivity contribution in [3.63, 3.8) is 0 Å². The molecule has 0 radical (unpaired) electrons. The number of benzene rings is 2. The predicted octanol–water partition coefficient (Wildman–Crippen LogP) is 14.0. The summed E-state index contributed by atoms with van der Waals surface area (Å²) in [5.74, 6) is 6.32. The summed E-state index contributed by atoms with van der Waals surface area (Å²) < 4.78 is 13.5. The molecule has 5 aliphatic carbocycles. The van der Waals surface area contributed by atoms with Gasteiger partial charge in [-0.25, -0.2) is 9.59 Å². The van der Waals surface area contributed by atoms with E-state index in [0.717, 1.165) is 25.7 Å². The molecule has 7 nitrogen and oxygen atoms in total. The first-order valence-electron chi connectivity index (χ1n) is 24.9. The number of alkyl carbamates (subject to hydrolysis) is 2. The number of aromatic nitrogens is 1. The van der Waals surface area contributed by atoms with Gasteiger partial charge < -0.3 is 24.7 Å². The van der Waals surface area contributed by atoms with Crippen LogP contribution in [0, 0.1) is 61.2 Å². The third kappa shape index (κ3) is 13.0. The third-order valence-corrected chi connectivity index (χ3v) is 15.2. The lowest BCUT2D eigenvalue weighted by Gasteiger charge is -2.40. The lowest BCUT2D eigenvalue weighted by molar-refractivity contribution is 0.0441. The maximum atomic E-state index is 12.4. The van der Waals surface area contributed by atoms with E-state index in [1.165, 1.54) is 60.8 Å². The van der Waals surface area contributed by atoms with Gasteiger partial charge in [0.05, 0.1) is 0 Å². The molecular formula is C57H81N3O4. The minimum atomic E-state index is -0.462. The molecule has 2 amide bonds. The summed E-state index contributed by atoms with van der Waals surface area (Å²) in [4.78, 5) is 24.9. The minimum absolute atomic E-state index is 0.197. The van der Waals surface area contributed by atoms with Gasteiger partial charge in [-0.3, -0.25) is 0 Å². The van der Waals surface area contributed by atoms with Gasteiger partial charge in [0.15, 0.2) is 0 Å². The Balaban J connectivity index is 0.000000191. The third-order valence-electron chi connectivity index (χ3n) is 15.2. The monoisotopic (exact) mass is 872 g/mol. The Morgan fingerprint density at radius 3 is 1.44 bits per heavy atom. The molecule has 12 atom stereocenters. The van der Waals surface area contributed by atoms with E-state index in [1.807, 2.05) is 41.5 Å². The van der Waals surface area contributed by atoms with Crippen LogP contribution in [0.3, 0.4) is 0 Å². The van der Waals surface area contributed by atoms with Crippen LogP contribution >= 0.6 is 0 Å². The quantitative estimate of drug-likeness (QED) is 0.236. The number of hydrogen-bond donors (Lipinski definition) is 2. The van der Waals surface area contributed by atoms with E-state index >= 15 is 0 Å². The Morgan fingerprint density at radius 2 is 0.969 bits per heavy atom. The highest BCUT2D eigenvalue weighted by Crippen LogP contribution is 2.54. The van der Waals surface area contributed by atoms with Gasteiger partial charge in [0.1, 0.15) is 11.2 Å². The van der Waals surface area contributed by atoms with Crippen LogP contribution in [0.4, 0.5) is 9.59 Å². The molecule has 0 bridgehead atoms. The minimum Gasteiger partial charge on any atom is -0.444 e. The van der Waals surface area contributed by atoms with Crippen LogP contribution in [0.15, 0.2) is 97.4 Å². The Kier molecular flexibility index (Phi) is 15.3. The summed E-state index contributed by atoms with van der Waals surface area (Å²) in [5, 5.41) is 6.39. The fourth-order valence-corrected chi connectivity index (χ4v) is 12.7. The molecule has 0 saturated heterocycles. The van der Waals surface area contributed by atoms with E-state index < -0.39 is 11.2 Å². The SMILES string of the molecule is Cc1ccc([C@@H]2C[C@@H](C3C=CC=C3)[C@H](C3C[C@H](C)C[C@@H](NC(=O)OC(C)(C)C)C3)C2)cc1.Cc1ccc([C@@H]2C[C@H](C3C[C@H](C)C[C@@H](NC(=O)OC(C)(C)C)C3)[C@@H](n3cccc3)C2)cc1. The second-order valence-corrected chi connectivity index (χ2v) is 23.0. The maximum absolute atomic E-state index is 12.4. The largest absolute Gasteiger partial charge is 0.444 e. The van der Waals surface area contributed by atoms with Crippen LogP contribution in [-0.4, -0.2) is 40.0 Å². The molecule has 2 aromatic carbocycles. The summed E-state index contributed by atoms with van der Waals surface area (Å²) >= 11 is 0. The number of carbonyl (C=O) groups excluding carboxylic acids is 2. The Labute approximate surface area is 386 Å². The molecule has 4 saturated carbocycles. The van der Waals surface area contributed by atoms with Crippen molar-refractivity contribution in [2.75, 3.05) is 0 Å². The molecule has 348 valence electrons. The van der Waals surface area contributed by atoms with Gasteiger partial charge in [-0.05, 0) is 202 Å². The van der Waals surface area contributed by atoms with Gasteiger partial charge in [-0.15, -0.1) is 0 Å². The van der Waals surface area contributed by atoms with Crippen molar-refractivity contribution >= 4 is 12.2 Å². The summed E-state index contributed by atoms with van der Waals surface area (Å²) in [6.45, 7) is 20.6. The number of hydrogen-bond acceptors (Lipinski definition) is 4. The topological polar surface area (TPSA) is 81.6 Å². The summed E-state index contributed by atoms with van der Waals surface area (Å²) in [6.07, 6.45) is 24.8. The normalized spacial score (nSPS) is 31.8. The van der Waals surface area contributed by atoms with Crippen LogP contribution in [-0.2, 0) is 9.47 Å². The van der Waals surface area contributed by atoms with Crippen molar-refractivity contribution < 1.29 is 19.1 Å². The number of nitrogens with one attached hydrogen (secondary N) is 2. The first-order valence-corrected chi connectivity index (χ1v) is 24.9. The van der Waals surface area contributed by atoms with E-state index in [-0.39, 0.29) is 24.3 Å². The van der Waals surface area contributed by atoms with E-state index in [4.69, 9.17) is 9.47 Å². The average molecular weight is 872 g/mol. The van der Waals surface area contributed by atoms with E-state index in [9.17, 15) is 9.59 Å². The molecule has 1 aromatic heterocycles. The van der Waals surface area contributed by atoms with Crippen LogP contribution in [0.25, 0.3) is 0 Å². The molecule has 2 N–H and O–H groups in total. The standard InChI is InChI=1S/C29H41NO2.C28H40N2O2/c1-19-10-12-21(13-11-19)23-17-26(22-8-6-7-9-22)27(18-23)24-14-20(2)15-25(16-24)30-28(31)32-29(3,4)5;1-19-8-10-21(11-9-19)22-17-25(26(18-22)30-12-6-7-13-30)23-14-20(2)15-24(16-23)29-27(31)32-28(3,4)5/h6-13,20,22-27H,14-18H2,1-5H3,(H,30,31);6-13,20,22-26H,14-18H2,1-5H3,(H,29,31)/t20-,23+,24?,25+,26-,27-;20-,22+,23?,24+,25+,26-/m00/s1. The number of nitrogens with zero attached hydrogens (tertiary/aromatic N) is 1. The molecule has 1 heterocycles. The molecule has 2 unspecified atom stereocenters. The molecule has 64 heavy (non-hydrogen) atoms. The average Bonchev–Trinajstić information content (AvgIpc) is 4.04. The molecule has 7 heteroatoms. The number of rotatable bonds is 8. The number of aryl methyl sites for hydroxylation is 2. The lowest BCUT2D eigenvalue weighted by atomic mass is 9.68. The smallest absolute Gasteiger partial charge is 0.407 e.